The van der Waals surface area contributed by atoms with Crippen molar-refractivity contribution in [2.75, 3.05) is 33.9 Å². The summed E-state index contributed by atoms with van der Waals surface area (Å²) in [4.78, 5) is 2.34. The van der Waals surface area contributed by atoms with Crippen LogP contribution in [0.1, 0.15) is 30.9 Å². The molecule has 0 aliphatic rings. The van der Waals surface area contributed by atoms with Gasteiger partial charge in [-0.15, -0.1) is 0 Å². The van der Waals surface area contributed by atoms with Crippen LogP contribution in [0.2, 0.25) is 0 Å². The first-order valence-electron chi connectivity index (χ1n) is 7.22. The van der Waals surface area contributed by atoms with Crippen molar-refractivity contribution >= 4 is 0 Å². The van der Waals surface area contributed by atoms with Crippen LogP contribution in [-0.4, -0.2) is 38.8 Å². The second-order valence-corrected chi connectivity index (χ2v) is 5.08. The molecule has 0 spiro atoms. The van der Waals surface area contributed by atoms with Crippen LogP contribution in [-0.2, 0) is 17.8 Å². The van der Waals surface area contributed by atoms with Crippen LogP contribution >= 0.6 is 0 Å². The summed E-state index contributed by atoms with van der Waals surface area (Å²) in [5, 5.41) is 3.44. The van der Waals surface area contributed by atoms with Crippen LogP contribution in [0.5, 0.6) is 0 Å². The van der Waals surface area contributed by atoms with E-state index in [1.165, 1.54) is 17.5 Å². The van der Waals surface area contributed by atoms with Gasteiger partial charge in [-0.25, -0.2) is 0 Å². The molecule has 0 aliphatic heterocycles. The molecule has 0 bridgehead atoms. The summed E-state index contributed by atoms with van der Waals surface area (Å²) in [5.41, 5.74) is 2.76. The van der Waals surface area contributed by atoms with Crippen molar-refractivity contribution < 1.29 is 4.74 Å². The second-order valence-electron chi connectivity index (χ2n) is 5.08. The van der Waals surface area contributed by atoms with Crippen molar-refractivity contribution in [2.24, 2.45) is 0 Å². The SMILES string of the molecule is CCCNCc1cccc(CN(C)CCCOC)c1. The van der Waals surface area contributed by atoms with Crippen LogP contribution in [0.3, 0.4) is 0 Å². The molecule has 0 saturated heterocycles. The number of rotatable bonds is 10. The number of ether oxygens (including phenoxy) is 1. The fourth-order valence-electron chi connectivity index (χ4n) is 2.12. The largest absolute Gasteiger partial charge is 0.385 e. The normalized spacial score (nSPS) is 11.2. The van der Waals surface area contributed by atoms with Crippen LogP contribution < -0.4 is 5.32 Å². The Hall–Kier alpha value is -0.900. The summed E-state index contributed by atoms with van der Waals surface area (Å²) >= 11 is 0. The Morgan fingerprint density at radius 2 is 2.05 bits per heavy atom. The predicted molar refractivity (Wildman–Crippen MR) is 81.3 cm³/mol. The lowest BCUT2D eigenvalue weighted by atomic mass is 10.1. The summed E-state index contributed by atoms with van der Waals surface area (Å²) in [7, 11) is 3.92. The highest BCUT2D eigenvalue weighted by Gasteiger charge is 2.01. The van der Waals surface area contributed by atoms with Crippen molar-refractivity contribution in [3.05, 3.63) is 35.4 Å². The second kappa shape index (κ2) is 9.96. The minimum Gasteiger partial charge on any atom is -0.385 e. The topological polar surface area (TPSA) is 24.5 Å². The van der Waals surface area contributed by atoms with Crippen molar-refractivity contribution in [1.82, 2.24) is 10.2 Å². The third-order valence-electron chi connectivity index (χ3n) is 3.09. The zero-order chi connectivity index (χ0) is 13.9. The van der Waals surface area contributed by atoms with E-state index >= 15 is 0 Å². The molecule has 0 unspecified atom stereocenters. The highest BCUT2D eigenvalue weighted by Crippen LogP contribution is 2.08. The van der Waals surface area contributed by atoms with Gasteiger partial charge in [0.05, 0.1) is 0 Å². The number of nitrogens with zero attached hydrogens (tertiary/aromatic N) is 1. The van der Waals surface area contributed by atoms with Crippen LogP contribution in [0.4, 0.5) is 0 Å². The van der Waals surface area contributed by atoms with E-state index in [0.717, 1.165) is 39.2 Å². The maximum Gasteiger partial charge on any atom is 0.0474 e. The fourth-order valence-corrected chi connectivity index (χ4v) is 2.12. The third kappa shape index (κ3) is 7.31. The van der Waals surface area contributed by atoms with E-state index in [9.17, 15) is 0 Å². The van der Waals surface area contributed by atoms with Gasteiger partial charge in [-0.2, -0.15) is 0 Å². The molecule has 19 heavy (non-hydrogen) atoms. The molecule has 0 aliphatic carbocycles. The maximum atomic E-state index is 5.08. The standard InChI is InChI=1S/C16H28N2O/c1-4-9-17-13-15-7-5-8-16(12-15)14-18(2)10-6-11-19-3/h5,7-8,12,17H,4,6,9-11,13-14H2,1-3H3. The first-order chi connectivity index (χ1) is 9.26. The van der Waals surface area contributed by atoms with Crippen molar-refractivity contribution in [3.63, 3.8) is 0 Å². The number of methoxy groups -OCH3 is 1. The minimum atomic E-state index is 0.839. The van der Waals surface area contributed by atoms with Crippen LogP contribution in [0.25, 0.3) is 0 Å². The Morgan fingerprint density at radius 1 is 1.26 bits per heavy atom. The van der Waals surface area contributed by atoms with E-state index in [1.807, 2.05) is 0 Å². The number of benzene rings is 1. The minimum absolute atomic E-state index is 0.839. The molecule has 1 aromatic carbocycles. The Bertz CT molecular complexity index is 341. The Kier molecular flexibility index (Phi) is 8.47. The van der Waals surface area contributed by atoms with Crippen molar-refractivity contribution in [3.8, 4) is 0 Å². The zero-order valence-corrected chi connectivity index (χ0v) is 12.6. The Morgan fingerprint density at radius 3 is 2.79 bits per heavy atom. The lowest BCUT2D eigenvalue weighted by Gasteiger charge is -2.17. The first-order valence-corrected chi connectivity index (χ1v) is 7.22. The van der Waals surface area contributed by atoms with Gasteiger partial charge in [-0.3, -0.25) is 0 Å². The average molecular weight is 264 g/mol. The monoisotopic (exact) mass is 264 g/mol. The molecule has 108 valence electrons. The molecule has 0 heterocycles. The van der Waals surface area contributed by atoms with Gasteiger partial charge in [0.25, 0.3) is 0 Å². The molecular formula is C16H28N2O. The van der Waals surface area contributed by atoms with Crippen LogP contribution in [0.15, 0.2) is 24.3 Å². The molecule has 0 aromatic heterocycles. The van der Waals surface area contributed by atoms with E-state index in [2.05, 4.69) is 48.5 Å². The summed E-state index contributed by atoms with van der Waals surface area (Å²) in [6.45, 7) is 7.16. The molecular weight excluding hydrogens is 236 g/mol. The maximum absolute atomic E-state index is 5.08. The first kappa shape index (κ1) is 16.2. The average Bonchev–Trinajstić information content (AvgIpc) is 2.40. The van der Waals surface area contributed by atoms with E-state index in [-0.39, 0.29) is 0 Å². The molecule has 1 rings (SSSR count). The molecule has 0 fully saturated rings. The van der Waals surface area contributed by atoms with Crippen molar-refractivity contribution in [1.29, 1.82) is 0 Å². The van der Waals surface area contributed by atoms with Gasteiger partial charge in [0, 0.05) is 33.4 Å². The quantitative estimate of drug-likeness (QED) is 0.658. The van der Waals surface area contributed by atoms with E-state index in [0.29, 0.717) is 0 Å². The summed E-state index contributed by atoms with van der Waals surface area (Å²) < 4.78 is 5.08. The molecule has 0 amide bonds. The summed E-state index contributed by atoms with van der Waals surface area (Å²) in [6, 6.07) is 8.85. The van der Waals surface area contributed by atoms with Crippen LogP contribution in [0, 0.1) is 0 Å². The highest BCUT2D eigenvalue weighted by atomic mass is 16.5. The van der Waals surface area contributed by atoms with Gasteiger partial charge in [0.1, 0.15) is 0 Å². The number of nitrogens with one attached hydrogen (secondary N) is 1. The van der Waals surface area contributed by atoms with Gasteiger partial charge in [0.15, 0.2) is 0 Å². The Labute approximate surface area is 118 Å². The van der Waals surface area contributed by atoms with Gasteiger partial charge in [-0.1, -0.05) is 31.2 Å². The number of hydrogen-bond donors (Lipinski definition) is 1. The molecule has 0 radical (unpaired) electrons. The summed E-state index contributed by atoms with van der Waals surface area (Å²) in [6.07, 6.45) is 2.27. The van der Waals surface area contributed by atoms with Crippen molar-refractivity contribution in [2.45, 2.75) is 32.9 Å². The lowest BCUT2D eigenvalue weighted by Crippen LogP contribution is -2.20. The third-order valence-corrected chi connectivity index (χ3v) is 3.09. The lowest BCUT2D eigenvalue weighted by molar-refractivity contribution is 0.178. The highest BCUT2D eigenvalue weighted by molar-refractivity contribution is 5.23. The number of hydrogen-bond acceptors (Lipinski definition) is 3. The molecule has 1 N–H and O–H groups in total. The predicted octanol–water partition coefficient (Wildman–Crippen LogP) is 2.65. The smallest absolute Gasteiger partial charge is 0.0474 e. The van der Waals surface area contributed by atoms with Gasteiger partial charge >= 0.3 is 0 Å². The van der Waals surface area contributed by atoms with E-state index < -0.39 is 0 Å². The fraction of sp³-hybridized carbons (Fsp3) is 0.625. The van der Waals surface area contributed by atoms with Gasteiger partial charge < -0.3 is 15.0 Å². The molecule has 3 nitrogen and oxygen atoms in total. The molecule has 1 aromatic rings. The Balaban J connectivity index is 2.38. The molecule has 0 saturated carbocycles. The van der Waals surface area contributed by atoms with Gasteiger partial charge in [-0.05, 0) is 37.6 Å². The molecule has 3 heteroatoms. The van der Waals surface area contributed by atoms with Gasteiger partial charge in [0.2, 0.25) is 0 Å². The molecule has 0 atom stereocenters. The van der Waals surface area contributed by atoms with E-state index in [1.54, 1.807) is 7.11 Å². The van der Waals surface area contributed by atoms with E-state index in [4.69, 9.17) is 4.74 Å². The zero-order valence-electron chi connectivity index (χ0n) is 12.6. The summed E-state index contributed by atoms with van der Waals surface area (Å²) in [5.74, 6) is 0.